The van der Waals surface area contributed by atoms with Crippen LogP contribution in [0, 0.1) is 10.1 Å². The summed E-state index contributed by atoms with van der Waals surface area (Å²) in [5, 5.41) is 18.7. The van der Waals surface area contributed by atoms with Gasteiger partial charge in [0.1, 0.15) is 5.56 Å². The lowest BCUT2D eigenvalue weighted by molar-refractivity contribution is -0.385. The summed E-state index contributed by atoms with van der Waals surface area (Å²) < 4.78 is 0. The van der Waals surface area contributed by atoms with Gasteiger partial charge in [0, 0.05) is 12.5 Å². The fourth-order valence-corrected chi connectivity index (χ4v) is 2.41. The molecule has 23 heavy (non-hydrogen) atoms. The number of nitro groups is 1. The minimum Gasteiger partial charge on any atom is -0.480 e. The van der Waals surface area contributed by atoms with E-state index in [1.165, 1.54) is 12.1 Å². The van der Waals surface area contributed by atoms with Gasteiger partial charge < -0.3 is 5.11 Å². The maximum atomic E-state index is 12.5. The van der Waals surface area contributed by atoms with Gasteiger partial charge in [-0.1, -0.05) is 42.5 Å². The number of carboxylic acids is 1. The van der Waals surface area contributed by atoms with Crippen LogP contribution >= 0.6 is 11.6 Å². The Morgan fingerprint density at radius 3 is 2.35 bits per heavy atom. The second-order valence-corrected chi connectivity index (χ2v) is 5.22. The molecule has 1 N–H and O–H groups in total. The first-order valence-electron chi connectivity index (χ1n) is 6.63. The maximum absolute atomic E-state index is 12.5. The number of nitrogens with zero attached hydrogens (tertiary/aromatic N) is 1. The third-order valence-electron chi connectivity index (χ3n) is 3.25. The second kappa shape index (κ2) is 7.02. The predicted molar refractivity (Wildman–Crippen MR) is 83.8 cm³/mol. The van der Waals surface area contributed by atoms with E-state index in [2.05, 4.69) is 0 Å². The number of halogens is 1. The molecule has 0 aliphatic rings. The highest BCUT2D eigenvalue weighted by atomic mass is 35.5. The molecule has 0 saturated carbocycles. The van der Waals surface area contributed by atoms with Crippen LogP contribution in [0.15, 0.2) is 48.5 Å². The first-order chi connectivity index (χ1) is 10.9. The molecule has 2 rings (SSSR count). The predicted octanol–water partition coefficient (Wildman–Crippen LogP) is 3.38. The summed E-state index contributed by atoms with van der Waals surface area (Å²) in [6, 6.07) is 12.5. The summed E-state index contributed by atoms with van der Waals surface area (Å²) in [6.07, 6.45) is -0.0814. The molecule has 0 aliphatic carbocycles. The minimum atomic E-state index is -1.54. The molecule has 0 spiro atoms. The molecule has 118 valence electrons. The number of carbonyl (C=O) groups excluding carboxylic acids is 1. The standard InChI is InChI=1S/C16H12ClNO5/c17-15(16(20)21)11-7-4-8-12(18(22)23)14(11)13(19)9-10-5-2-1-3-6-10/h1-8,15H,9H2,(H,20,21). The Hall–Kier alpha value is -2.73. The summed E-state index contributed by atoms with van der Waals surface area (Å²) in [5.41, 5.74) is -0.114. The van der Waals surface area contributed by atoms with Crippen molar-refractivity contribution >= 4 is 29.0 Å². The van der Waals surface area contributed by atoms with E-state index in [-0.39, 0.29) is 17.5 Å². The fraction of sp³-hybridized carbons (Fsp3) is 0.125. The Morgan fingerprint density at radius 2 is 1.78 bits per heavy atom. The maximum Gasteiger partial charge on any atom is 0.326 e. The molecule has 0 amide bonds. The van der Waals surface area contributed by atoms with Gasteiger partial charge in [-0.25, -0.2) is 0 Å². The number of ketones is 1. The molecule has 0 aliphatic heterocycles. The van der Waals surface area contributed by atoms with Crippen LogP contribution in [0.2, 0.25) is 0 Å². The highest BCUT2D eigenvalue weighted by Gasteiger charge is 2.29. The van der Waals surface area contributed by atoms with Crippen molar-refractivity contribution in [2.45, 2.75) is 11.8 Å². The van der Waals surface area contributed by atoms with Gasteiger partial charge in [-0.2, -0.15) is 0 Å². The van der Waals surface area contributed by atoms with Crippen molar-refractivity contribution in [3.63, 3.8) is 0 Å². The molecular weight excluding hydrogens is 322 g/mol. The summed E-state index contributed by atoms with van der Waals surface area (Å²) >= 11 is 5.80. The van der Waals surface area contributed by atoms with E-state index >= 15 is 0 Å². The Labute approximate surface area is 136 Å². The van der Waals surface area contributed by atoms with Crippen LogP contribution in [0.5, 0.6) is 0 Å². The lowest BCUT2D eigenvalue weighted by Crippen LogP contribution is -2.15. The Kier molecular flexibility index (Phi) is 5.08. The van der Waals surface area contributed by atoms with Crippen LogP contribution in [0.1, 0.15) is 26.9 Å². The number of hydrogen-bond acceptors (Lipinski definition) is 4. The van der Waals surface area contributed by atoms with E-state index in [0.29, 0.717) is 5.56 Å². The zero-order valence-corrected chi connectivity index (χ0v) is 12.6. The molecule has 0 radical (unpaired) electrons. The molecule has 7 heteroatoms. The lowest BCUT2D eigenvalue weighted by atomic mass is 9.95. The number of aliphatic carboxylic acids is 1. The summed E-state index contributed by atoms with van der Waals surface area (Å²) in [4.78, 5) is 34.1. The number of nitro benzene ring substituents is 1. The van der Waals surface area contributed by atoms with Gasteiger partial charge in [-0.05, 0) is 11.1 Å². The SMILES string of the molecule is O=C(Cc1ccccc1)c1c(C(Cl)C(=O)O)cccc1[N+](=O)[O-]. The van der Waals surface area contributed by atoms with Gasteiger partial charge in [-0.15, -0.1) is 11.6 Å². The van der Waals surface area contributed by atoms with Crippen molar-refractivity contribution in [2.24, 2.45) is 0 Å². The third kappa shape index (κ3) is 3.73. The molecule has 2 aromatic carbocycles. The molecule has 1 atom stereocenters. The van der Waals surface area contributed by atoms with Crippen LogP contribution in [0.4, 0.5) is 5.69 Å². The van der Waals surface area contributed by atoms with Gasteiger partial charge >= 0.3 is 5.97 Å². The van der Waals surface area contributed by atoms with Crippen molar-refractivity contribution in [3.8, 4) is 0 Å². The number of benzene rings is 2. The van der Waals surface area contributed by atoms with E-state index in [1.54, 1.807) is 30.3 Å². The van der Waals surface area contributed by atoms with E-state index in [0.717, 1.165) is 6.07 Å². The summed E-state index contributed by atoms with van der Waals surface area (Å²) in [7, 11) is 0. The monoisotopic (exact) mass is 333 g/mol. The smallest absolute Gasteiger partial charge is 0.326 e. The first kappa shape index (κ1) is 16.6. The number of carbonyl (C=O) groups is 2. The third-order valence-corrected chi connectivity index (χ3v) is 3.67. The van der Waals surface area contributed by atoms with Gasteiger partial charge in [-0.3, -0.25) is 19.7 Å². The van der Waals surface area contributed by atoms with Crippen LogP contribution in [-0.4, -0.2) is 21.8 Å². The molecule has 0 saturated heterocycles. The van der Waals surface area contributed by atoms with E-state index in [1.807, 2.05) is 0 Å². The number of hydrogen-bond donors (Lipinski definition) is 1. The number of Topliss-reactive ketones (excluding diaryl/α,β-unsaturated/α-hetero) is 1. The number of carboxylic acid groups (broad SMARTS) is 1. The molecule has 2 aromatic rings. The average molecular weight is 334 g/mol. The highest BCUT2D eigenvalue weighted by Crippen LogP contribution is 2.31. The Balaban J connectivity index is 2.51. The molecule has 0 heterocycles. The topological polar surface area (TPSA) is 97.5 Å². The van der Waals surface area contributed by atoms with Gasteiger partial charge in [0.15, 0.2) is 11.2 Å². The fourth-order valence-electron chi connectivity index (χ4n) is 2.23. The van der Waals surface area contributed by atoms with Crippen molar-refractivity contribution in [1.82, 2.24) is 0 Å². The largest absolute Gasteiger partial charge is 0.480 e. The van der Waals surface area contributed by atoms with E-state index in [4.69, 9.17) is 16.7 Å². The molecular formula is C16H12ClNO5. The van der Waals surface area contributed by atoms with Gasteiger partial charge in [0.25, 0.3) is 5.69 Å². The van der Waals surface area contributed by atoms with Crippen molar-refractivity contribution in [1.29, 1.82) is 0 Å². The minimum absolute atomic E-state index is 0.0747. The van der Waals surface area contributed by atoms with Gasteiger partial charge in [0.2, 0.25) is 0 Å². The van der Waals surface area contributed by atoms with Crippen molar-refractivity contribution in [3.05, 3.63) is 75.3 Å². The average Bonchev–Trinajstić information content (AvgIpc) is 2.54. The quantitative estimate of drug-likeness (QED) is 0.378. The highest BCUT2D eigenvalue weighted by molar-refractivity contribution is 6.30. The molecule has 0 fully saturated rings. The Morgan fingerprint density at radius 1 is 1.13 bits per heavy atom. The Bertz CT molecular complexity index is 760. The van der Waals surface area contributed by atoms with Crippen LogP contribution < -0.4 is 0 Å². The molecule has 0 aromatic heterocycles. The summed E-state index contributed by atoms with van der Waals surface area (Å²) in [5.74, 6) is -1.92. The second-order valence-electron chi connectivity index (χ2n) is 4.78. The first-order valence-corrected chi connectivity index (χ1v) is 7.06. The normalized spacial score (nSPS) is 11.7. The molecule has 0 bridgehead atoms. The molecule has 6 nitrogen and oxygen atoms in total. The number of alkyl halides is 1. The van der Waals surface area contributed by atoms with Crippen molar-refractivity contribution < 1.29 is 19.6 Å². The van der Waals surface area contributed by atoms with Crippen LogP contribution in [0.3, 0.4) is 0 Å². The van der Waals surface area contributed by atoms with Crippen LogP contribution in [0.25, 0.3) is 0 Å². The zero-order valence-electron chi connectivity index (χ0n) is 11.8. The van der Waals surface area contributed by atoms with E-state index in [9.17, 15) is 19.7 Å². The van der Waals surface area contributed by atoms with Gasteiger partial charge in [0.05, 0.1) is 4.92 Å². The number of rotatable bonds is 6. The zero-order chi connectivity index (χ0) is 17.0. The van der Waals surface area contributed by atoms with E-state index < -0.39 is 27.7 Å². The summed E-state index contributed by atoms with van der Waals surface area (Å²) in [6.45, 7) is 0. The van der Waals surface area contributed by atoms with Crippen molar-refractivity contribution in [2.75, 3.05) is 0 Å². The van der Waals surface area contributed by atoms with Crippen LogP contribution in [-0.2, 0) is 11.2 Å². The molecule has 1 unspecified atom stereocenters. The lowest BCUT2D eigenvalue weighted by Gasteiger charge is -2.11.